The SMILES string of the molecule is COc1cnc2[nH]c(-c3ccccc3)cc2c1NC(=O)C1CCC(C(C)N)CC1. The van der Waals surface area contributed by atoms with Gasteiger partial charge in [-0.1, -0.05) is 30.3 Å². The third kappa shape index (κ3) is 3.98. The third-order valence-electron chi connectivity index (χ3n) is 6.06. The summed E-state index contributed by atoms with van der Waals surface area (Å²) in [4.78, 5) is 20.8. The van der Waals surface area contributed by atoms with Crippen LogP contribution in [-0.4, -0.2) is 29.0 Å². The van der Waals surface area contributed by atoms with Gasteiger partial charge in [0.15, 0.2) is 5.75 Å². The molecule has 152 valence electrons. The van der Waals surface area contributed by atoms with Gasteiger partial charge in [0.05, 0.1) is 19.0 Å². The summed E-state index contributed by atoms with van der Waals surface area (Å²) in [6.07, 6.45) is 5.39. The van der Waals surface area contributed by atoms with Crippen molar-refractivity contribution in [3.05, 3.63) is 42.6 Å². The van der Waals surface area contributed by atoms with Crippen LogP contribution in [0.15, 0.2) is 42.6 Å². The number of benzene rings is 1. The van der Waals surface area contributed by atoms with Gasteiger partial charge in [-0.05, 0) is 50.2 Å². The zero-order chi connectivity index (χ0) is 20.4. The van der Waals surface area contributed by atoms with Crippen molar-refractivity contribution in [2.45, 2.75) is 38.6 Å². The van der Waals surface area contributed by atoms with Crippen molar-refractivity contribution in [2.24, 2.45) is 17.6 Å². The number of rotatable bonds is 5. The van der Waals surface area contributed by atoms with E-state index in [1.54, 1.807) is 13.3 Å². The average molecular weight is 393 g/mol. The minimum Gasteiger partial charge on any atom is -0.493 e. The fraction of sp³-hybridized carbons (Fsp3) is 0.391. The summed E-state index contributed by atoms with van der Waals surface area (Å²) in [6.45, 7) is 2.06. The molecule has 4 rings (SSSR count). The first-order valence-electron chi connectivity index (χ1n) is 10.2. The number of amides is 1. The van der Waals surface area contributed by atoms with E-state index in [1.807, 2.05) is 36.4 Å². The Balaban J connectivity index is 1.60. The zero-order valence-electron chi connectivity index (χ0n) is 16.9. The predicted molar refractivity (Wildman–Crippen MR) is 116 cm³/mol. The number of hydrogen-bond donors (Lipinski definition) is 3. The second-order valence-electron chi connectivity index (χ2n) is 7.97. The molecule has 1 aliphatic rings. The fourth-order valence-corrected chi connectivity index (χ4v) is 4.25. The monoisotopic (exact) mass is 392 g/mol. The van der Waals surface area contributed by atoms with E-state index >= 15 is 0 Å². The van der Waals surface area contributed by atoms with Crippen molar-refractivity contribution in [3.8, 4) is 17.0 Å². The highest BCUT2D eigenvalue weighted by Crippen LogP contribution is 2.36. The topological polar surface area (TPSA) is 93.0 Å². The van der Waals surface area contributed by atoms with Crippen LogP contribution in [0.25, 0.3) is 22.3 Å². The summed E-state index contributed by atoms with van der Waals surface area (Å²) in [5.41, 5.74) is 9.45. The third-order valence-corrected chi connectivity index (χ3v) is 6.06. The molecule has 2 aromatic heterocycles. The minimum atomic E-state index is 0.00505. The molecular formula is C23H28N4O2. The van der Waals surface area contributed by atoms with Crippen molar-refractivity contribution in [1.82, 2.24) is 9.97 Å². The lowest BCUT2D eigenvalue weighted by atomic mass is 9.79. The van der Waals surface area contributed by atoms with E-state index in [1.165, 1.54) is 0 Å². The summed E-state index contributed by atoms with van der Waals surface area (Å²) < 4.78 is 5.50. The molecule has 4 N–H and O–H groups in total. The van der Waals surface area contributed by atoms with E-state index in [9.17, 15) is 4.79 Å². The summed E-state index contributed by atoms with van der Waals surface area (Å²) >= 11 is 0. The number of aromatic amines is 1. The molecule has 1 amide bonds. The average Bonchev–Trinajstić information content (AvgIpc) is 3.19. The number of ether oxygens (including phenoxy) is 1. The second kappa shape index (κ2) is 8.25. The van der Waals surface area contributed by atoms with E-state index < -0.39 is 0 Å². The first kappa shape index (κ1) is 19.5. The van der Waals surface area contributed by atoms with Crippen LogP contribution in [0.4, 0.5) is 5.69 Å². The van der Waals surface area contributed by atoms with Crippen molar-refractivity contribution < 1.29 is 9.53 Å². The van der Waals surface area contributed by atoms with Gasteiger partial charge in [-0.3, -0.25) is 4.79 Å². The first-order chi connectivity index (χ1) is 14.1. The molecule has 1 atom stereocenters. The number of aromatic nitrogens is 2. The molecule has 0 aliphatic heterocycles. The molecule has 6 heteroatoms. The molecule has 3 aromatic rings. The van der Waals surface area contributed by atoms with E-state index in [0.29, 0.717) is 17.4 Å². The number of hydrogen-bond acceptors (Lipinski definition) is 4. The van der Waals surface area contributed by atoms with Gasteiger partial charge < -0.3 is 20.8 Å². The first-order valence-corrected chi connectivity index (χ1v) is 10.2. The lowest BCUT2D eigenvalue weighted by Crippen LogP contribution is -2.33. The number of nitrogens with one attached hydrogen (secondary N) is 2. The molecule has 1 unspecified atom stereocenters. The number of carbonyl (C=O) groups excluding carboxylic acids is 1. The number of H-pyrrole nitrogens is 1. The van der Waals surface area contributed by atoms with Gasteiger partial charge in [0.2, 0.25) is 5.91 Å². The Bertz CT molecular complexity index is 989. The summed E-state index contributed by atoms with van der Waals surface area (Å²) in [6, 6.07) is 12.3. The number of anilines is 1. The molecule has 1 fully saturated rings. The predicted octanol–water partition coefficient (Wildman–Crippen LogP) is 4.33. The maximum atomic E-state index is 13.0. The Kier molecular flexibility index (Phi) is 5.53. The second-order valence-corrected chi connectivity index (χ2v) is 7.97. The van der Waals surface area contributed by atoms with Crippen molar-refractivity contribution in [1.29, 1.82) is 0 Å². The van der Waals surface area contributed by atoms with Crippen molar-refractivity contribution in [2.75, 3.05) is 12.4 Å². The Morgan fingerprint density at radius 1 is 1.24 bits per heavy atom. The molecule has 0 radical (unpaired) electrons. The molecule has 29 heavy (non-hydrogen) atoms. The van der Waals surface area contributed by atoms with Gasteiger partial charge in [0.1, 0.15) is 5.65 Å². The summed E-state index contributed by atoms with van der Waals surface area (Å²) in [5.74, 6) is 1.12. The van der Waals surface area contributed by atoms with Crippen LogP contribution >= 0.6 is 0 Å². The van der Waals surface area contributed by atoms with Crippen LogP contribution < -0.4 is 15.8 Å². The maximum absolute atomic E-state index is 13.0. The van der Waals surface area contributed by atoms with Crippen LogP contribution in [0.1, 0.15) is 32.6 Å². The molecule has 2 heterocycles. The number of fused-ring (bicyclic) bond motifs is 1. The number of methoxy groups -OCH3 is 1. The molecule has 0 saturated heterocycles. The lowest BCUT2D eigenvalue weighted by molar-refractivity contribution is -0.121. The van der Waals surface area contributed by atoms with Gasteiger partial charge in [-0.2, -0.15) is 0 Å². The number of nitrogens with two attached hydrogens (primary N) is 1. The smallest absolute Gasteiger partial charge is 0.227 e. The van der Waals surface area contributed by atoms with Crippen molar-refractivity contribution in [3.63, 3.8) is 0 Å². The summed E-state index contributed by atoms with van der Waals surface area (Å²) in [7, 11) is 1.59. The zero-order valence-corrected chi connectivity index (χ0v) is 16.9. The largest absolute Gasteiger partial charge is 0.493 e. The van der Waals surface area contributed by atoms with Gasteiger partial charge in [-0.25, -0.2) is 4.98 Å². The quantitative estimate of drug-likeness (QED) is 0.602. The van der Waals surface area contributed by atoms with Crippen LogP contribution in [0.5, 0.6) is 5.75 Å². The molecule has 0 bridgehead atoms. The minimum absolute atomic E-state index is 0.00505. The van der Waals surface area contributed by atoms with Gasteiger partial charge in [-0.15, -0.1) is 0 Å². The Morgan fingerprint density at radius 2 is 1.97 bits per heavy atom. The molecule has 1 aliphatic carbocycles. The van der Waals surface area contributed by atoms with Crippen LogP contribution in [-0.2, 0) is 4.79 Å². The number of carbonyl (C=O) groups is 1. The highest BCUT2D eigenvalue weighted by atomic mass is 16.5. The molecule has 0 spiro atoms. The molecule has 6 nitrogen and oxygen atoms in total. The van der Waals surface area contributed by atoms with Gasteiger partial charge in [0, 0.05) is 23.0 Å². The highest BCUT2D eigenvalue weighted by molar-refractivity contribution is 6.04. The summed E-state index contributed by atoms with van der Waals surface area (Å²) in [5, 5.41) is 3.98. The van der Waals surface area contributed by atoms with Gasteiger partial charge >= 0.3 is 0 Å². The van der Waals surface area contributed by atoms with Crippen LogP contribution in [0, 0.1) is 11.8 Å². The van der Waals surface area contributed by atoms with E-state index in [-0.39, 0.29) is 17.9 Å². The Labute approximate surface area is 170 Å². The van der Waals surface area contributed by atoms with E-state index in [0.717, 1.165) is 48.0 Å². The number of pyridine rings is 1. The number of nitrogens with zero attached hydrogens (tertiary/aromatic N) is 1. The van der Waals surface area contributed by atoms with Crippen molar-refractivity contribution >= 4 is 22.6 Å². The Hall–Kier alpha value is -2.86. The molecular weight excluding hydrogens is 364 g/mol. The van der Waals surface area contributed by atoms with Gasteiger partial charge in [0.25, 0.3) is 0 Å². The van der Waals surface area contributed by atoms with E-state index in [2.05, 4.69) is 22.2 Å². The molecule has 1 aromatic carbocycles. The van der Waals surface area contributed by atoms with Crippen LogP contribution in [0.3, 0.4) is 0 Å². The highest BCUT2D eigenvalue weighted by Gasteiger charge is 2.29. The molecule has 1 saturated carbocycles. The van der Waals surface area contributed by atoms with E-state index in [4.69, 9.17) is 10.5 Å². The maximum Gasteiger partial charge on any atom is 0.227 e. The van der Waals surface area contributed by atoms with Crippen LogP contribution in [0.2, 0.25) is 0 Å². The fourth-order valence-electron chi connectivity index (χ4n) is 4.25. The lowest BCUT2D eigenvalue weighted by Gasteiger charge is -2.30. The standard InChI is InChI=1S/C23H28N4O2/c1-14(24)15-8-10-17(11-9-15)23(28)27-21-18-12-19(16-6-4-3-5-7-16)26-22(18)25-13-20(21)29-2/h3-7,12-15,17H,8-11,24H2,1-2H3,(H2,25,26,27,28). The normalized spacial score (nSPS) is 20.4. The Morgan fingerprint density at radius 3 is 2.62 bits per heavy atom.